The van der Waals surface area contributed by atoms with E-state index in [1.54, 1.807) is 6.20 Å². The predicted octanol–water partition coefficient (Wildman–Crippen LogP) is 2.62. The maximum Gasteiger partial charge on any atom is -0.00271 e. The summed E-state index contributed by atoms with van der Waals surface area (Å²) in [5.74, 6) is 0.501. The summed E-state index contributed by atoms with van der Waals surface area (Å²) in [5, 5.41) is 0. The lowest BCUT2D eigenvalue weighted by molar-refractivity contribution is 0.788. The van der Waals surface area contributed by atoms with Crippen molar-refractivity contribution in [3.8, 4) is 0 Å². The second-order valence-corrected chi connectivity index (χ2v) is 2.71. The molecule has 0 amide bonds. The van der Waals surface area contributed by atoms with Gasteiger partial charge in [0.25, 0.3) is 0 Å². The summed E-state index contributed by atoms with van der Waals surface area (Å²) in [6.45, 7) is 6.24. The molecule has 11 heavy (non-hydrogen) atoms. The van der Waals surface area contributed by atoms with E-state index in [-0.39, 0.29) is 0 Å². The zero-order valence-electron chi connectivity index (χ0n) is 7.54. The summed E-state index contributed by atoms with van der Waals surface area (Å²) < 4.78 is 0. The summed E-state index contributed by atoms with van der Waals surface area (Å²) in [4.78, 5) is 0. The molecular weight excluding hydrogens is 134 g/mol. The van der Waals surface area contributed by atoms with Crippen LogP contribution in [0.15, 0.2) is 36.1 Å². The molecule has 0 saturated heterocycles. The van der Waals surface area contributed by atoms with Crippen molar-refractivity contribution in [2.45, 2.75) is 20.8 Å². The number of rotatable bonds is 3. The fraction of sp³-hybridized carbons (Fsp3) is 0.400. The van der Waals surface area contributed by atoms with Crippen LogP contribution in [0.25, 0.3) is 0 Å². The average Bonchev–Trinajstić information content (AvgIpc) is 1.97. The normalized spacial score (nSPS) is 14.0. The van der Waals surface area contributed by atoms with Crippen molar-refractivity contribution in [3.63, 3.8) is 0 Å². The molecule has 2 N–H and O–H groups in total. The van der Waals surface area contributed by atoms with E-state index in [2.05, 4.69) is 13.8 Å². The Morgan fingerprint density at radius 3 is 2.27 bits per heavy atom. The molecule has 0 heterocycles. The van der Waals surface area contributed by atoms with E-state index in [1.165, 1.54) is 5.57 Å². The van der Waals surface area contributed by atoms with Gasteiger partial charge in [0.15, 0.2) is 0 Å². The summed E-state index contributed by atoms with van der Waals surface area (Å²) in [5.41, 5.74) is 6.59. The highest BCUT2D eigenvalue weighted by atomic mass is 14.5. The molecule has 62 valence electrons. The van der Waals surface area contributed by atoms with E-state index in [4.69, 9.17) is 5.73 Å². The van der Waals surface area contributed by atoms with Gasteiger partial charge in [0, 0.05) is 0 Å². The minimum atomic E-state index is 0.501. The van der Waals surface area contributed by atoms with Gasteiger partial charge in [-0.15, -0.1) is 0 Å². The van der Waals surface area contributed by atoms with Gasteiger partial charge in [-0.05, 0) is 24.6 Å². The fourth-order valence-electron chi connectivity index (χ4n) is 0.718. The first-order valence-electron chi connectivity index (χ1n) is 3.93. The molecule has 0 aromatic carbocycles. The molecule has 1 heteroatoms. The van der Waals surface area contributed by atoms with E-state index in [1.807, 2.05) is 31.2 Å². The molecule has 1 nitrogen and oxygen atoms in total. The van der Waals surface area contributed by atoms with Gasteiger partial charge in [-0.1, -0.05) is 38.2 Å². The zero-order chi connectivity index (χ0) is 8.69. The molecule has 0 rings (SSSR count). The number of allylic oxidation sites excluding steroid dienone is 5. The molecule has 0 radical (unpaired) electrons. The van der Waals surface area contributed by atoms with E-state index in [0.717, 1.165) is 0 Å². The number of hydrogen-bond acceptors (Lipinski definition) is 1. The highest BCUT2D eigenvalue weighted by Gasteiger charge is 1.95. The molecule has 0 atom stereocenters. The average molecular weight is 151 g/mol. The van der Waals surface area contributed by atoms with Gasteiger partial charge in [-0.25, -0.2) is 0 Å². The fourth-order valence-corrected chi connectivity index (χ4v) is 0.718. The SMILES string of the molecule is C\C=C/C=C\C(=C/N)C(C)C. The van der Waals surface area contributed by atoms with Crippen LogP contribution in [0.5, 0.6) is 0 Å². The molecule has 0 aromatic rings. The standard InChI is InChI=1S/C10H17N/c1-4-5-6-7-10(8-11)9(2)3/h4-9H,11H2,1-3H3/b5-4-,7-6-,10-8+. The van der Waals surface area contributed by atoms with Crippen LogP contribution in [0.3, 0.4) is 0 Å². The lowest BCUT2D eigenvalue weighted by atomic mass is 10.0. The monoisotopic (exact) mass is 151 g/mol. The minimum absolute atomic E-state index is 0.501. The first kappa shape index (κ1) is 10.0. The number of nitrogens with two attached hydrogens (primary N) is 1. The third-order valence-corrected chi connectivity index (χ3v) is 1.45. The lowest BCUT2D eigenvalue weighted by Crippen LogP contribution is -1.94. The van der Waals surface area contributed by atoms with Crippen molar-refractivity contribution in [3.05, 3.63) is 36.1 Å². The summed E-state index contributed by atoms with van der Waals surface area (Å²) in [6.07, 6.45) is 9.67. The van der Waals surface area contributed by atoms with Gasteiger partial charge in [0.2, 0.25) is 0 Å². The summed E-state index contributed by atoms with van der Waals surface area (Å²) in [7, 11) is 0. The Hall–Kier alpha value is -0.980. The Morgan fingerprint density at radius 2 is 1.91 bits per heavy atom. The van der Waals surface area contributed by atoms with Crippen molar-refractivity contribution in [1.29, 1.82) is 0 Å². The minimum Gasteiger partial charge on any atom is -0.404 e. The van der Waals surface area contributed by atoms with Gasteiger partial charge in [0.1, 0.15) is 0 Å². The molecule has 0 aliphatic carbocycles. The molecule has 0 saturated carbocycles. The maximum absolute atomic E-state index is 5.42. The van der Waals surface area contributed by atoms with Gasteiger partial charge in [-0.3, -0.25) is 0 Å². The Bertz CT molecular complexity index is 173. The van der Waals surface area contributed by atoms with E-state index in [0.29, 0.717) is 5.92 Å². The summed E-state index contributed by atoms with van der Waals surface area (Å²) in [6, 6.07) is 0. The quantitative estimate of drug-likeness (QED) is 0.616. The van der Waals surface area contributed by atoms with Gasteiger partial charge >= 0.3 is 0 Å². The smallest absolute Gasteiger partial charge is 0.00271 e. The van der Waals surface area contributed by atoms with Crippen LogP contribution in [0.2, 0.25) is 0 Å². The van der Waals surface area contributed by atoms with Crippen LogP contribution < -0.4 is 5.73 Å². The van der Waals surface area contributed by atoms with Crippen LogP contribution in [0.1, 0.15) is 20.8 Å². The first-order chi connectivity index (χ1) is 5.22. The molecule has 0 aliphatic rings. The van der Waals surface area contributed by atoms with E-state index >= 15 is 0 Å². The lowest BCUT2D eigenvalue weighted by Gasteiger charge is -2.02. The first-order valence-corrected chi connectivity index (χ1v) is 3.93. The molecule has 0 fully saturated rings. The van der Waals surface area contributed by atoms with Gasteiger partial charge in [-0.2, -0.15) is 0 Å². The van der Waals surface area contributed by atoms with Crippen molar-refractivity contribution in [1.82, 2.24) is 0 Å². The van der Waals surface area contributed by atoms with E-state index in [9.17, 15) is 0 Å². The Kier molecular flexibility index (Phi) is 5.26. The van der Waals surface area contributed by atoms with Gasteiger partial charge in [0.05, 0.1) is 0 Å². The largest absolute Gasteiger partial charge is 0.404 e. The Labute approximate surface area is 69.3 Å². The molecule has 0 unspecified atom stereocenters. The van der Waals surface area contributed by atoms with Crippen LogP contribution in [-0.2, 0) is 0 Å². The van der Waals surface area contributed by atoms with Gasteiger partial charge < -0.3 is 5.73 Å². The third kappa shape index (κ3) is 4.43. The number of hydrogen-bond donors (Lipinski definition) is 1. The van der Waals surface area contributed by atoms with E-state index < -0.39 is 0 Å². The topological polar surface area (TPSA) is 26.0 Å². The summed E-state index contributed by atoms with van der Waals surface area (Å²) >= 11 is 0. The second-order valence-electron chi connectivity index (χ2n) is 2.71. The third-order valence-electron chi connectivity index (χ3n) is 1.45. The predicted molar refractivity (Wildman–Crippen MR) is 51.1 cm³/mol. The highest BCUT2D eigenvalue weighted by molar-refractivity contribution is 5.22. The van der Waals surface area contributed by atoms with Crippen molar-refractivity contribution in [2.24, 2.45) is 11.7 Å². The second kappa shape index (κ2) is 5.78. The maximum atomic E-state index is 5.42. The van der Waals surface area contributed by atoms with Crippen LogP contribution in [0, 0.1) is 5.92 Å². The molecule has 0 spiro atoms. The highest BCUT2D eigenvalue weighted by Crippen LogP contribution is 2.08. The zero-order valence-corrected chi connectivity index (χ0v) is 7.54. The molecule has 0 aromatic heterocycles. The van der Waals surface area contributed by atoms with Crippen molar-refractivity contribution in [2.75, 3.05) is 0 Å². The molecular formula is C10H17N. The van der Waals surface area contributed by atoms with Crippen LogP contribution >= 0.6 is 0 Å². The molecule has 0 aliphatic heterocycles. The van der Waals surface area contributed by atoms with Crippen LogP contribution in [0.4, 0.5) is 0 Å². The Morgan fingerprint density at radius 1 is 1.27 bits per heavy atom. The van der Waals surface area contributed by atoms with Crippen molar-refractivity contribution >= 4 is 0 Å². The molecule has 0 bridgehead atoms. The Balaban J connectivity index is 4.10. The van der Waals surface area contributed by atoms with Crippen LogP contribution in [-0.4, -0.2) is 0 Å². The van der Waals surface area contributed by atoms with Crippen molar-refractivity contribution < 1.29 is 0 Å².